The smallest absolute Gasteiger partial charge is 0.120 e. The van der Waals surface area contributed by atoms with Crippen molar-refractivity contribution in [3.63, 3.8) is 0 Å². The first kappa shape index (κ1) is 9.99. The highest BCUT2D eigenvalue weighted by Crippen LogP contribution is 2.24. The quantitative estimate of drug-likeness (QED) is 0.571. The molecule has 0 heterocycles. The predicted octanol–water partition coefficient (Wildman–Crippen LogP) is 2.46. The van der Waals surface area contributed by atoms with Crippen molar-refractivity contribution >= 4 is 34.3 Å². The maximum Gasteiger partial charge on any atom is 0.120 e. The Morgan fingerprint density at radius 1 is 1.33 bits per heavy atom. The van der Waals surface area contributed by atoms with E-state index in [0.29, 0.717) is 10.6 Å². The average molecular weight is 224 g/mol. The number of hydrogen-bond donors (Lipinski definition) is 0. The average Bonchev–Trinajstić information content (AvgIpc) is 2.04. The molecule has 2 nitrogen and oxygen atoms in total. The Bertz CT molecular complexity index is 286. The van der Waals surface area contributed by atoms with Crippen LogP contribution < -0.4 is 0 Å². The van der Waals surface area contributed by atoms with E-state index in [1.807, 2.05) is 0 Å². The van der Waals surface area contributed by atoms with Gasteiger partial charge in [0.15, 0.2) is 0 Å². The summed E-state index contributed by atoms with van der Waals surface area (Å²) in [6, 6.07) is 6.35. The highest BCUT2D eigenvalue weighted by atomic mass is 35.5. The molecule has 0 aromatic heterocycles. The van der Waals surface area contributed by atoms with Crippen molar-refractivity contribution in [2.75, 3.05) is 0 Å². The first-order valence-corrected chi connectivity index (χ1v) is 5.04. The van der Waals surface area contributed by atoms with Gasteiger partial charge in [-0.1, -0.05) is 23.7 Å². The minimum Gasteiger partial charge on any atom is -0.771 e. The van der Waals surface area contributed by atoms with E-state index in [2.05, 4.69) is 0 Å². The third-order valence-electron chi connectivity index (χ3n) is 1.30. The van der Waals surface area contributed by atoms with Gasteiger partial charge in [0.05, 0.1) is 0 Å². The molecule has 0 N–H and O–H groups in total. The zero-order valence-electron chi connectivity index (χ0n) is 5.87. The largest absolute Gasteiger partial charge is 0.771 e. The lowest BCUT2D eigenvalue weighted by Gasteiger charge is -2.12. The minimum atomic E-state index is -2.30. The van der Waals surface area contributed by atoms with Gasteiger partial charge in [0.25, 0.3) is 0 Å². The van der Waals surface area contributed by atoms with Crippen LogP contribution in [0.15, 0.2) is 24.3 Å². The summed E-state index contributed by atoms with van der Waals surface area (Å²) in [5.74, 6) is 0. The molecule has 0 aliphatic heterocycles. The molecule has 2 atom stereocenters. The molecule has 0 amide bonds. The van der Waals surface area contributed by atoms with Crippen LogP contribution in [-0.4, -0.2) is 8.76 Å². The van der Waals surface area contributed by atoms with Gasteiger partial charge in [-0.25, -0.2) is 0 Å². The van der Waals surface area contributed by atoms with Crippen LogP contribution in [0.1, 0.15) is 10.3 Å². The van der Waals surface area contributed by atoms with Gasteiger partial charge in [0.1, 0.15) is 4.71 Å². The number of benzene rings is 1. The Hall–Kier alpha value is -0.0900. The van der Waals surface area contributed by atoms with E-state index in [1.165, 1.54) is 0 Å². The summed E-state index contributed by atoms with van der Waals surface area (Å²) in [6.07, 6.45) is 0. The van der Waals surface area contributed by atoms with Crippen LogP contribution in [0, 0.1) is 0 Å². The molecule has 0 aliphatic carbocycles. The van der Waals surface area contributed by atoms with E-state index < -0.39 is 15.8 Å². The van der Waals surface area contributed by atoms with Crippen LogP contribution in [0.25, 0.3) is 0 Å². The number of rotatable bonds is 2. The Morgan fingerprint density at radius 2 is 1.83 bits per heavy atom. The number of alkyl halides is 1. The van der Waals surface area contributed by atoms with Crippen LogP contribution in [0.4, 0.5) is 0 Å². The fourth-order valence-electron chi connectivity index (χ4n) is 0.725. The summed E-state index contributed by atoms with van der Waals surface area (Å²) in [7, 11) is 0. The van der Waals surface area contributed by atoms with E-state index in [0.717, 1.165) is 0 Å². The highest BCUT2D eigenvalue weighted by molar-refractivity contribution is 7.80. The van der Waals surface area contributed by atoms with E-state index in [9.17, 15) is 8.76 Å². The lowest BCUT2D eigenvalue weighted by atomic mass is 10.2. The summed E-state index contributed by atoms with van der Waals surface area (Å²) in [5.41, 5.74) is 0.523. The van der Waals surface area contributed by atoms with Gasteiger partial charge < -0.3 is 4.55 Å². The Balaban J connectivity index is 2.89. The van der Waals surface area contributed by atoms with Crippen LogP contribution in [-0.2, 0) is 11.1 Å². The molecule has 5 heteroatoms. The highest BCUT2D eigenvalue weighted by Gasteiger charge is 2.06. The lowest BCUT2D eigenvalue weighted by molar-refractivity contribution is 0.534. The minimum absolute atomic E-state index is 0.523. The van der Waals surface area contributed by atoms with Crippen molar-refractivity contribution in [3.05, 3.63) is 34.9 Å². The van der Waals surface area contributed by atoms with Crippen LogP contribution in [0.3, 0.4) is 0 Å². The summed E-state index contributed by atoms with van der Waals surface area (Å²) in [4.78, 5) is 0. The van der Waals surface area contributed by atoms with E-state index in [4.69, 9.17) is 23.2 Å². The second-order valence-electron chi connectivity index (χ2n) is 2.13. The zero-order chi connectivity index (χ0) is 9.14. The maximum absolute atomic E-state index is 10.4. The van der Waals surface area contributed by atoms with Gasteiger partial charge in [-0.3, -0.25) is 4.21 Å². The van der Waals surface area contributed by atoms with Gasteiger partial charge >= 0.3 is 0 Å². The first-order valence-electron chi connectivity index (χ1n) is 3.09. The van der Waals surface area contributed by atoms with Crippen molar-refractivity contribution in [2.24, 2.45) is 0 Å². The van der Waals surface area contributed by atoms with Crippen molar-refractivity contribution in [3.8, 4) is 0 Å². The molecule has 0 spiro atoms. The van der Waals surface area contributed by atoms with E-state index in [-0.39, 0.29) is 0 Å². The molecule has 1 rings (SSSR count). The van der Waals surface area contributed by atoms with Gasteiger partial charge in [-0.05, 0) is 28.8 Å². The Morgan fingerprint density at radius 3 is 2.25 bits per heavy atom. The second kappa shape index (κ2) is 4.23. The first-order chi connectivity index (χ1) is 5.61. The van der Waals surface area contributed by atoms with Crippen LogP contribution in [0.2, 0.25) is 5.02 Å². The third kappa shape index (κ3) is 2.45. The summed E-state index contributed by atoms with van der Waals surface area (Å²) in [6.45, 7) is 0. The van der Waals surface area contributed by atoms with Crippen LogP contribution >= 0.6 is 23.2 Å². The standard InChI is InChI=1S/C7H6Cl2O2S/c8-6-3-1-5(2-4-6)7(9)12(10)11/h1-4,7H,(H,10,11)/p-1. The second-order valence-corrected chi connectivity index (χ2v) is 4.25. The Labute approximate surface area is 82.8 Å². The molecule has 0 saturated carbocycles. The molecule has 0 saturated heterocycles. The summed E-state index contributed by atoms with van der Waals surface area (Å²) in [5, 5.41) is 0.555. The Kier molecular flexibility index (Phi) is 3.53. The third-order valence-corrected chi connectivity index (χ3v) is 2.85. The van der Waals surface area contributed by atoms with Crippen molar-refractivity contribution < 1.29 is 8.76 Å². The number of halogens is 2. The van der Waals surface area contributed by atoms with Gasteiger partial charge in [-0.2, -0.15) is 0 Å². The fraction of sp³-hybridized carbons (Fsp3) is 0.143. The maximum atomic E-state index is 10.4. The fourth-order valence-corrected chi connectivity index (χ4v) is 1.38. The summed E-state index contributed by atoms with van der Waals surface area (Å²) >= 11 is 8.84. The lowest BCUT2D eigenvalue weighted by Crippen LogP contribution is -1.97. The monoisotopic (exact) mass is 223 g/mol. The molecule has 0 fully saturated rings. The molecule has 12 heavy (non-hydrogen) atoms. The topological polar surface area (TPSA) is 40.1 Å². The van der Waals surface area contributed by atoms with Crippen molar-refractivity contribution in [1.82, 2.24) is 0 Å². The van der Waals surface area contributed by atoms with E-state index >= 15 is 0 Å². The molecule has 66 valence electrons. The molecule has 0 bridgehead atoms. The van der Waals surface area contributed by atoms with Gasteiger partial charge in [-0.15, -0.1) is 11.6 Å². The van der Waals surface area contributed by atoms with Crippen LogP contribution in [0.5, 0.6) is 0 Å². The normalized spacial score (nSPS) is 15.6. The molecule has 1 aromatic carbocycles. The van der Waals surface area contributed by atoms with Gasteiger partial charge in [0, 0.05) is 5.02 Å². The summed E-state index contributed by atoms with van der Waals surface area (Å²) < 4.78 is 19.8. The van der Waals surface area contributed by atoms with Gasteiger partial charge in [0.2, 0.25) is 0 Å². The predicted molar refractivity (Wildman–Crippen MR) is 49.0 cm³/mol. The molecule has 0 aliphatic rings. The van der Waals surface area contributed by atoms with E-state index in [1.54, 1.807) is 24.3 Å². The molecule has 1 aromatic rings. The molecule has 0 radical (unpaired) electrons. The molecule has 2 unspecified atom stereocenters. The zero-order valence-corrected chi connectivity index (χ0v) is 8.20. The molecular weight excluding hydrogens is 219 g/mol. The number of hydrogen-bond acceptors (Lipinski definition) is 2. The van der Waals surface area contributed by atoms with Crippen molar-refractivity contribution in [2.45, 2.75) is 4.71 Å². The van der Waals surface area contributed by atoms with Crippen molar-refractivity contribution in [1.29, 1.82) is 0 Å². The SMILES string of the molecule is O=S([O-])C(Cl)c1ccc(Cl)cc1. The molecular formula is C7H5Cl2O2S-.